The summed E-state index contributed by atoms with van der Waals surface area (Å²) < 4.78 is 30.7. The number of para-hydroxylation sites is 1. The fourth-order valence-electron chi connectivity index (χ4n) is 2.90. The Kier molecular flexibility index (Phi) is 7.67. The van der Waals surface area contributed by atoms with Crippen molar-refractivity contribution >= 4 is 77.1 Å². The number of amides is 1. The van der Waals surface area contributed by atoms with Gasteiger partial charge in [-0.3, -0.25) is 9.52 Å². The zero-order valence-electron chi connectivity index (χ0n) is 17.9. The molecule has 0 atom stereocenters. The summed E-state index contributed by atoms with van der Waals surface area (Å²) in [5, 5.41) is 4.00. The number of nitrogens with zero attached hydrogens (tertiary/aromatic N) is 2. The van der Waals surface area contributed by atoms with Gasteiger partial charge in [0.2, 0.25) is 0 Å². The van der Waals surface area contributed by atoms with Crippen molar-refractivity contribution in [1.82, 2.24) is 10.4 Å². The number of halogens is 1. The number of thiazole rings is 1. The van der Waals surface area contributed by atoms with E-state index in [4.69, 9.17) is 0 Å². The second kappa shape index (κ2) is 10.7. The Morgan fingerprint density at radius 2 is 1.91 bits per heavy atom. The number of carbonyl (C=O) groups excluding carboxylic acids is 1. The van der Waals surface area contributed by atoms with E-state index in [0.717, 1.165) is 24.6 Å². The van der Waals surface area contributed by atoms with E-state index < -0.39 is 10.0 Å². The molecule has 0 saturated carbocycles. The molecule has 4 aromatic rings. The highest BCUT2D eigenvalue weighted by molar-refractivity contribution is 9.10. The maximum Gasteiger partial charge on any atom is 0.261 e. The first kappa shape index (κ1) is 24.4. The van der Waals surface area contributed by atoms with Crippen LogP contribution in [0.4, 0.5) is 5.69 Å². The van der Waals surface area contributed by atoms with Crippen molar-refractivity contribution in [3.63, 3.8) is 0 Å². The zero-order valence-corrected chi connectivity index (χ0v) is 21.9. The fraction of sp³-hybridized carbons (Fsp3) is 0.0870. The van der Waals surface area contributed by atoms with Crippen LogP contribution in [0.1, 0.15) is 11.1 Å². The molecule has 0 spiro atoms. The van der Waals surface area contributed by atoms with Crippen LogP contribution >= 0.6 is 39.0 Å². The number of thioether (sulfide) groups is 1. The first-order valence-corrected chi connectivity index (χ1v) is 14.1. The molecule has 0 radical (unpaired) electrons. The summed E-state index contributed by atoms with van der Waals surface area (Å²) in [7, 11) is -3.78. The molecule has 0 fully saturated rings. The number of hydrogen-bond acceptors (Lipinski definition) is 7. The maximum absolute atomic E-state index is 12.8. The van der Waals surface area contributed by atoms with Gasteiger partial charge in [0.25, 0.3) is 15.9 Å². The van der Waals surface area contributed by atoms with Crippen molar-refractivity contribution < 1.29 is 13.2 Å². The van der Waals surface area contributed by atoms with Gasteiger partial charge in [0.05, 0.1) is 32.8 Å². The minimum absolute atomic E-state index is 0.155. The van der Waals surface area contributed by atoms with Gasteiger partial charge in [0.15, 0.2) is 4.34 Å². The van der Waals surface area contributed by atoms with E-state index in [1.54, 1.807) is 42.5 Å². The number of benzene rings is 3. The first-order chi connectivity index (χ1) is 16.3. The molecule has 1 aromatic heterocycles. The highest BCUT2D eigenvalue weighted by atomic mass is 79.9. The molecule has 2 N–H and O–H groups in total. The van der Waals surface area contributed by atoms with Gasteiger partial charge in [-0.15, -0.1) is 11.3 Å². The second-order valence-electron chi connectivity index (χ2n) is 7.18. The average Bonchev–Trinajstić information content (AvgIpc) is 3.23. The molecular weight excluding hydrogens is 556 g/mol. The molecule has 0 unspecified atom stereocenters. The van der Waals surface area contributed by atoms with Gasteiger partial charge < -0.3 is 0 Å². The monoisotopic (exact) mass is 574 g/mol. The molecule has 11 heteroatoms. The van der Waals surface area contributed by atoms with Gasteiger partial charge in [-0.05, 0) is 49.4 Å². The predicted octanol–water partition coefficient (Wildman–Crippen LogP) is 5.41. The number of aryl methyl sites for hydroxylation is 1. The Morgan fingerprint density at radius 3 is 2.68 bits per heavy atom. The van der Waals surface area contributed by atoms with Gasteiger partial charge in [-0.2, -0.15) is 5.10 Å². The number of rotatable bonds is 8. The SMILES string of the molecule is Cc1ccc(S(=O)(=O)Nc2ccc(Br)cc2/C=N/NC(=O)CSc2nc3ccccc3s2)cc1. The molecule has 0 aliphatic rings. The van der Waals surface area contributed by atoms with Crippen LogP contribution in [0.3, 0.4) is 0 Å². The normalized spacial score (nSPS) is 11.7. The molecule has 1 amide bonds. The predicted molar refractivity (Wildman–Crippen MR) is 142 cm³/mol. The Labute approximate surface area is 213 Å². The third-order valence-corrected chi connectivity index (χ3v) is 8.64. The number of nitrogens with one attached hydrogen (secondary N) is 2. The summed E-state index contributed by atoms with van der Waals surface area (Å²) >= 11 is 6.25. The van der Waals surface area contributed by atoms with E-state index in [1.165, 1.54) is 29.3 Å². The van der Waals surface area contributed by atoms with Crippen molar-refractivity contribution in [2.24, 2.45) is 5.10 Å². The number of sulfonamides is 1. The van der Waals surface area contributed by atoms with Gasteiger partial charge in [0, 0.05) is 10.0 Å². The molecular formula is C23H19BrN4O3S3. The molecule has 0 saturated heterocycles. The average molecular weight is 576 g/mol. The van der Waals surface area contributed by atoms with Crippen molar-refractivity contribution in [3.05, 3.63) is 82.3 Å². The van der Waals surface area contributed by atoms with Gasteiger partial charge in [-0.25, -0.2) is 18.8 Å². The Balaban J connectivity index is 1.40. The van der Waals surface area contributed by atoms with Crippen LogP contribution in [0.15, 0.2) is 85.5 Å². The molecule has 174 valence electrons. The number of hydrazone groups is 1. The number of fused-ring (bicyclic) bond motifs is 1. The molecule has 0 aliphatic carbocycles. The zero-order chi connectivity index (χ0) is 24.1. The highest BCUT2D eigenvalue weighted by Gasteiger charge is 2.16. The van der Waals surface area contributed by atoms with Crippen LogP contribution < -0.4 is 10.1 Å². The van der Waals surface area contributed by atoms with Crippen LogP contribution in [-0.4, -0.2) is 31.3 Å². The number of anilines is 1. The van der Waals surface area contributed by atoms with Gasteiger partial charge in [-0.1, -0.05) is 57.5 Å². The van der Waals surface area contributed by atoms with Crippen molar-refractivity contribution in [1.29, 1.82) is 0 Å². The van der Waals surface area contributed by atoms with Crippen molar-refractivity contribution in [3.8, 4) is 0 Å². The number of carbonyl (C=O) groups is 1. The molecule has 7 nitrogen and oxygen atoms in total. The summed E-state index contributed by atoms with van der Waals surface area (Å²) in [6, 6.07) is 19.4. The van der Waals surface area contributed by atoms with E-state index in [9.17, 15) is 13.2 Å². The summed E-state index contributed by atoms with van der Waals surface area (Å²) in [5.74, 6) is -0.139. The Morgan fingerprint density at radius 1 is 1.15 bits per heavy atom. The maximum atomic E-state index is 12.8. The van der Waals surface area contributed by atoms with Crippen LogP contribution in [0.5, 0.6) is 0 Å². The third-order valence-electron chi connectivity index (χ3n) is 4.58. The fourth-order valence-corrected chi connectivity index (χ4v) is 6.23. The topological polar surface area (TPSA) is 101 Å². The van der Waals surface area contributed by atoms with E-state index in [-0.39, 0.29) is 16.6 Å². The van der Waals surface area contributed by atoms with Crippen LogP contribution in [0.25, 0.3) is 10.2 Å². The van der Waals surface area contributed by atoms with Crippen molar-refractivity contribution in [2.45, 2.75) is 16.2 Å². The number of hydrogen-bond donors (Lipinski definition) is 2. The smallest absolute Gasteiger partial charge is 0.261 e. The summed E-state index contributed by atoms with van der Waals surface area (Å²) in [5.41, 5.74) is 5.18. The molecule has 4 rings (SSSR count). The largest absolute Gasteiger partial charge is 0.279 e. The molecule has 0 aliphatic heterocycles. The minimum Gasteiger partial charge on any atom is -0.279 e. The molecule has 34 heavy (non-hydrogen) atoms. The summed E-state index contributed by atoms with van der Waals surface area (Å²) in [6.07, 6.45) is 1.40. The van der Waals surface area contributed by atoms with E-state index in [1.807, 2.05) is 31.2 Å². The lowest BCUT2D eigenvalue weighted by Gasteiger charge is -2.11. The first-order valence-electron chi connectivity index (χ1n) is 9.99. The molecule has 3 aromatic carbocycles. The lowest BCUT2D eigenvalue weighted by Crippen LogP contribution is -2.20. The Hall–Kier alpha value is -2.73. The summed E-state index contributed by atoms with van der Waals surface area (Å²) in [6.45, 7) is 1.89. The Bertz CT molecular complexity index is 1440. The summed E-state index contributed by atoms with van der Waals surface area (Å²) in [4.78, 5) is 16.9. The lowest BCUT2D eigenvalue weighted by atomic mass is 10.2. The minimum atomic E-state index is -3.78. The number of aromatic nitrogens is 1. The van der Waals surface area contributed by atoms with Crippen LogP contribution in [-0.2, 0) is 14.8 Å². The van der Waals surface area contributed by atoms with Gasteiger partial charge >= 0.3 is 0 Å². The standard InChI is InChI=1S/C23H19BrN4O3S3/c1-15-6-9-18(10-7-15)34(30,31)28-19-11-8-17(24)12-16(19)13-25-27-22(29)14-32-23-26-20-4-2-3-5-21(20)33-23/h2-13,28H,14H2,1H3,(H,27,29)/b25-13+. The van der Waals surface area contributed by atoms with Crippen LogP contribution in [0.2, 0.25) is 0 Å². The highest BCUT2D eigenvalue weighted by Crippen LogP contribution is 2.29. The van der Waals surface area contributed by atoms with E-state index >= 15 is 0 Å². The van der Waals surface area contributed by atoms with E-state index in [0.29, 0.717) is 11.3 Å². The molecule has 1 heterocycles. The van der Waals surface area contributed by atoms with E-state index in [2.05, 4.69) is 36.2 Å². The van der Waals surface area contributed by atoms with Crippen LogP contribution in [0, 0.1) is 6.92 Å². The van der Waals surface area contributed by atoms with Crippen molar-refractivity contribution in [2.75, 3.05) is 10.5 Å². The molecule has 0 bridgehead atoms. The quantitative estimate of drug-likeness (QED) is 0.166. The lowest BCUT2D eigenvalue weighted by molar-refractivity contribution is -0.118. The third kappa shape index (κ3) is 6.23. The van der Waals surface area contributed by atoms with Gasteiger partial charge in [0.1, 0.15) is 0 Å². The second-order valence-corrected chi connectivity index (χ2v) is 12.0.